The molecule has 1 N–H and O–H groups in total. The molecule has 0 aliphatic heterocycles. The van der Waals surface area contributed by atoms with E-state index in [-0.39, 0.29) is 16.6 Å². The van der Waals surface area contributed by atoms with Gasteiger partial charge in [-0.2, -0.15) is 0 Å². The van der Waals surface area contributed by atoms with Gasteiger partial charge in [0.15, 0.2) is 0 Å². The highest BCUT2D eigenvalue weighted by Crippen LogP contribution is 2.24. The fraction of sp³-hybridized carbons (Fsp3) is 0.409. The van der Waals surface area contributed by atoms with Crippen molar-refractivity contribution < 1.29 is 9.53 Å². The zero-order chi connectivity index (χ0) is 19.0. The van der Waals surface area contributed by atoms with Crippen LogP contribution in [0.25, 0.3) is 0 Å². The van der Waals surface area contributed by atoms with Crippen molar-refractivity contribution in [1.29, 1.82) is 0 Å². The highest BCUT2D eigenvalue weighted by atomic mass is 32.2. The maximum atomic E-state index is 12.1. The SMILES string of the molecule is C[C@H](SCc1ccccc1)C(=O)NCCOc1ccc(C(C)(C)C)cc1. The van der Waals surface area contributed by atoms with Crippen LogP contribution in [0.4, 0.5) is 0 Å². The molecule has 0 bridgehead atoms. The Morgan fingerprint density at radius 1 is 1.08 bits per heavy atom. The third-order valence-corrected chi connectivity index (χ3v) is 5.32. The molecule has 0 fully saturated rings. The number of nitrogens with one attached hydrogen (secondary N) is 1. The van der Waals surface area contributed by atoms with Crippen LogP contribution in [0.5, 0.6) is 5.75 Å². The Kier molecular flexibility index (Phi) is 7.58. The Balaban J connectivity index is 1.66. The van der Waals surface area contributed by atoms with E-state index in [9.17, 15) is 4.79 Å². The first-order valence-electron chi connectivity index (χ1n) is 9.03. The smallest absolute Gasteiger partial charge is 0.232 e. The number of hydrogen-bond acceptors (Lipinski definition) is 3. The van der Waals surface area contributed by atoms with Crippen molar-refractivity contribution in [3.05, 3.63) is 65.7 Å². The Labute approximate surface area is 161 Å². The molecule has 2 rings (SSSR count). The first-order chi connectivity index (χ1) is 12.4. The van der Waals surface area contributed by atoms with Gasteiger partial charge in [-0.1, -0.05) is 63.2 Å². The highest BCUT2D eigenvalue weighted by Gasteiger charge is 2.14. The number of carbonyl (C=O) groups is 1. The summed E-state index contributed by atoms with van der Waals surface area (Å²) in [6, 6.07) is 18.4. The Morgan fingerprint density at radius 2 is 1.73 bits per heavy atom. The molecule has 2 aromatic rings. The molecule has 26 heavy (non-hydrogen) atoms. The molecule has 0 aliphatic rings. The van der Waals surface area contributed by atoms with Crippen molar-refractivity contribution in [2.24, 2.45) is 0 Å². The largest absolute Gasteiger partial charge is 0.492 e. The fourth-order valence-corrected chi connectivity index (χ4v) is 3.28. The van der Waals surface area contributed by atoms with Crippen LogP contribution < -0.4 is 10.1 Å². The quantitative estimate of drug-likeness (QED) is 0.677. The zero-order valence-corrected chi connectivity index (χ0v) is 16.9. The van der Waals surface area contributed by atoms with E-state index >= 15 is 0 Å². The normalized spacial score (nSPS) is 12.5. The molecule has 4 heteroatoms. The lowest BCUT2D eigenvalue weighted by Gasteiger charge is -2.19. The van der Waals surface area contributed by atoms with Crippen LogP contribution in [0.1, 0.15) is 38.8 Å². The third kappa shape index (κ3) is 6.75. The van der Waals surface area contributed by atoms with Gasteiger partial charge in [-0.3, -0.25) is 4.79 Å². The number of amides is 1. The monoisotopic (exact) mass is 371 g/mol. The van der Waals surface area contributed by atoms with Gasteiger partial charge in [0.1, 0.15) is 12.4 Å². The summed E-state index contributed by atoms with van der Waals surface area (Å²) in [6.45, 7) is 9.49. The molecule has 0 spiro atoms. The molecule has 0 saturated carbocycles. The van der Waals surface area contributed by atoms with Crippen LogP contribution in [0.15, 0.2) is 54.6 Å². The second-order valence-electron chi connectivity index (χ2n) is 7.35. The summed E-state index contributed by atoms with van der Waals surface area (Å²) in [5, 5.41) is 2.86. The minimum atomic E-state index is -0.0822. The molecule has 0 aliphatic carbocycles. The van der Waals surface area contributed by atoms with Crippen molar-refractivity contribution in [2.45, 2.75) is 44.1 Å². The molecule has 1 atom stereocenters. The lowest BCUT2D eigenvalue weighted by Crippen LogP contribution is -2.34. The average molecular weight is 372 g/mol. The maximum absolute atomic E-state index is 12.1. The topological polar surface area (TPSA) is 38.3 Å². The van der Waals surface area contributed by atoms with Gasteiger partial charge >= 0.3 is 0 Å². The second-order valence-corrected chi connectivity index (χ2v) is 8.68. The van der Waals surface area contributed by atoms with Crippen LogP contribution in [0.3, 0.4) is 0 Å². The van der Waals surface area contributed by atoms with Crippen LogP contribution >= 0.6 is 11.8 Å². The van der Waals surface area contributed by atoms with Gasteiger partial charge in [-0.25, -0.2) is 0 Å². The second kappa shape index (κ2) is 9.67. The van der Waals surface area contributed by atoms with Crippen molar-refractivity contribution in [3.63, 3.8) is 0 Å². The van der Waals surface area contributed by atoms with Crippen LogP contribution in [0.2, 0.25) is 0 Å². The van der Waals surface area contributed by atoms with Crippen molar-refractivity contribution in [2.75, 3.05) is 13.2 Å². The van der Waals surface area contributed by atoms with E-state index in [0.717, 1.165) is 11.5 Å². The first kappa shape index (κ1) is 20.4. The molecule has 0 unspecified atom stereocenters. The fourth-order valence-electron chi connectivity index (χ4n) is 2.41. The number of hydrogen-bond donors (Lipinski definition) is 1. The predicted molar refractivity (Wildman–Crippen MR) is 111 cm³/mol. The van der Waals surface area contributed by atoms with Gasteiger partial charge in [0.25, 0.3) is 0 Å². The minimum Gasteiger partial charge on any atom is -0.492 e. The van der Waals surface area contributed by atoms with Gasteiger partial charge < -0.3 is 10.1 Å². The molecule has 2 aromatic carbocycles. The summed E-state index contributed by atoms with van der Waals surface area (Å²) in [7, 11) is 0. The average Bonchev–Trinajstić information content (AvgIpc) is 2.63. The van der Waals surface area contributed by atoms with E-state index in [1.165, 1.54) is 11.1 Å². The van der Waals surface area contributed by atoms with Gasteiger partial charge in [-0.15, -0.1) is 11.8 Å². The van der Waals surface area contributed by atoms with Crippen LogP contribution in [-0.2, 0) is 16.0 Å². The Hall–Kier alpha value is -1.94. The van der Waals surface area contributed by atoms with E-state index in [1.807, 2.05) is 37.3 Å². The van der Waals surface area contributed by atoms with Gasteiger partial charge in [0.2, 0.25) is 5.91 Å². The number of rotatable bonds is 8. The molecule has 3 nitrogen and oxygen atoms in total. The summed E-state index contributed by atoms with van der Waals surface area (Å²) >= 11 is 1.64. The summed E-state index contributed by atoms with van der Waals surface area (Å²) in [5.41, 5.74) is 2.65. The lowest BCUT2D eigenvalue weighted by molar-refractivity contribution is -0.120. The van der Waals surface area contributed by atoms with E-state index in [2.05, 4.69) is 50.4 Å². The summed E-state index contributed by atoms with van der Waals surface area (Å²) < 4.78 is 5.71. The molecule has 0 radical (unpaired) electrons. The Bertz CT molecular complexity index is 678. The van der Waals surface area contributed by atoms with Gasteiger partial charge in [0, 0.05) is 5.75 Å². The predicted octanol–water partition coefficient (Wildman–Crippen LogP) is 4.80. The third-order valence-electron chi connectivity index (χ3n) is 4.10. The summed E-state index contributed by atoms with van der Waals surface area (Å²) in [6.07, 6.45) is 0. The summed E-state index contributed by atoms with van der Waals surface area (Å²) in [4.78, 5) is 12.1. The van der Waals surface area contributed by atoms with Gasteiger partial charge in [-0.05, 0) is 35.6 Å². The number of carbonyl (C=O) groups excluding carboxylic acids is 1. The van der Waals surface area contributed by atoms with Gasteiger partial charge in [0.05, 0.1) is 11.8 Å². The number of thioether (sulfide) groups is 1. The van der Waals surface area contributed by atoms with Crippen molar-refractivity contribution >= 4 is 17.7 Å². The lowest BCUT2D eigenvalue weighted by atomic mass is 9.87. The van der Waals surface area contributed by atoms with Crippen molar-refractivity contribution in [1.82, 2.24) is 5.32 Å². The first-order valence-corrected chi connectivity index (χ1v) is 10.1. The standard InChI is InChI=1S/C22H29NO2S/c1-17(26-16-18-8-6-5-7-9-18)21(24)23-14-15-25-20-12-10-19(11-13-20)22(2,3)4/h5-13,17H,14-16H2,1-4H3,(H,23,24)/t17-/m0/s1. The molecule has 1 amide bonds. The molecule has 0 aromatic heterocycles. The molecule has 140 valence electrons. The van der Waals surface area contributed by atoms with Crippen LogP contribution in [-0.4, -0.2) is 24.3 Å². The highest BCUT2D eigenvalue weighted by molar-refractivity contribution is 7.99. The molecular formula is C22H29NO2S. The van der Waals surface area contributed by atoms with E-state index < -0.39 is 0 Å². The number of benzene rings is 2. The summed E-state index contributed by atoms with van der Waals surface area (Å²) in [5.74, 6) is 1.72. The van der Waals surface area contributed by atoms with Crippen molar-refractivity contribution in [3.8, 4) is 5.75 Å². The minimum absolute atomic E-state index is 0.0533. The van der Waals surface area contributed by atoms with E-state index in [0.29, 0.717) is 13.2 Å². The molecular weight excluding hydrogens is 342 g/mol. The van der Waals surface area contributed by atoms with E-state index in [4.69, 9.17) is 4.74 Å². The molecule has 0 saturated heterocycles. The number of ether oxygens (including phenoxy) is 1. The zero-order valence-electron chi connectivity index (χ0n) is 16.1. The Morgan fingerprint density at radius 3 is 2.35 bits per heavy atom. The molecule has 0 heterocycles. The maximum Gasteiger partial charge on any atom is 0.232 e. The van der Waals surface area contributed by atoms with E-state index in [1.54, 1.807) is 11.8 Å². The van der Waals surface area contributed by atoms with Crippen LogP contribution in [0, 0.1) is 0 Å².